The van der Waals surface area contributed by atoms with Gasteiger partial charge in [0.2, 0.25) is 0 Å². The molecule has 0 aromatic heterocycles. The van der Waals surface area contributed by atoms with Gasteiger partial charge in [-0.15, -0.1) is 0 Å². The van der Waals surface area contributed by atoms with E-state index in [1.165, 1.54) is 48.8 Å². The Balaban J connectivity index is 1.77. The van der Waals surface area contributed by atoms with Gasteiger partial charge < -0.3 is 9.84 Å². The molecule has 6 aromatic carbocycles. The zero-order chi connectivity index (χ0) is 21.5. The van der Waals surface area contributed by atoms with Gasteiger partial charge in [-0.2, -0.15) is 0 Å². The highest BCUT2D eigenvalue weighted by molar-refractivity contribution is 6.21. The van der Waals surface area contributed by atoms with Crippen molar-refractivity contribution in [2.75, 3.05) is 13.2 Å². The third-order valence-corrected chi connectivity index (χ3v) is 6.27. The van der Waals surface area contributed by atoms with Gasteiger partial charge in [0.25, 0.3) is 0 Å². The third kappa shape index (κ3) is 2.92. The van der Waals surface area contributed by atoms with Crippen LogP contribution in [0.25, 0.3) is 54.2 Å². The molecule has 0 spiro atoms. The minimum Gasteiger partial charge on any atom is -0.491 e. The number of benzene rings is 6. The Morgan fingerprint density at radius 1 is 0.500 bits per heavy atom. The molecular formula is C30H22O2. The van der Waals surface area contributed by atoms with Crippen LogP contribution in [-0.2, 0) is 0 Å². The van der Waals surface area contributed by atoms with Crippen LogP contribution in [0.1, 0.15) is 0 Å². The highest BCUT2D eigenvalue weighted by Crippen LogP contribution is 2.42. The lowest BCUT2D eigenvalue weighted by atomic mass is 9.89. The van der Waals surface area contributed by atoms with Crippen molar-refractivity contribution in [2.45, 2.75) is 0 Å². The molecule has 6 rings (SSSR count). The van der Waals surface area contributed by atoms with Crippen molar-refractivity contribution in [1.82, 2.24) is 0 Å². The van der Waals surface area contributed by atoms with Gasteiger partial charge in [-0.1, -0.05) is 91.0 Å². The smallest absolute Gasteiger partial charge is 0.127 e. The second kappa shape index (κ2) is 7.67. The van der Waals surface area contributed by atoms with E-state index in [0.717, 1.165) is 11.1 Å². The Morgan fingerprint density at radius 3 is 1.91 bits per heavy atom. The van der Waals surface area contributed by atoms with Gasteiger partial charge in [0.05, 0.1) is 6.61 Å². The SMILES string of the molecule is OCCOc1ccc(-c2cccc3ccc4ccccc4c23)c2c1ccc1ccccc12. The summed E-state index contributed by atoms with van der Waals surface area (Å²) in [6.45, 7) is 0.270. The molecule has 0 heterocycles. The van der Waals surface area contributed by atoms with E-state index >= 15 is 0 Å². The Hall–Kier alpha value is -3.88. The summed E-state index contributed by atoms with van der Waals surface area (Å²) in [7, 11) is 0. The van der Waals surface area contributed by atoms with Crippen molar-refractivity contribution in [3.05, 3.63) is 103 Å². The zero-order valence-electron chi connectivity index (χ0n) is 17.6. The summed E-state index contributed by atoms with van der Waals surface area (Å²) in [5.41, 5.74) is 2.41. The first-order valence-electron chi connectivity index (χ1n) is 10.9. The fraction of sp³-hybridized carbons (Fsp3) is 0.0667. The van der Waals surface area contributed by atoms with Crippen molar-refractivity contribution in [2.24, 2.45) is 0 Å². The lowest BCUT2D eigenvalue weighted by Crippen LogP contribution is -2.02. The normalized spacial score (nSPS) is 11.5. The van der Waals surface area contributed by atoms with Crippen molar-refractivity contribution >= 4 is 43.1 Å². The monoisotopic (exact) mass is 414 g/mol. The predicted octanol–water partition coefficient (Wildman–Crippen LogP) is 7.34. The van der Waals surface area contributed by atoms with E-state index in [1.54, 1.807) is 0 Å². The molecule has 1 N–H and O–H groups in total. The van der Waals surface area contributed by atoms with E-state index in [2.05, 4.69) is 97.1 Å². The summed E-state index contributed by atoms with van der Waals surface area (Å²) in [6.07, 6.45) is 0. The fourth-order valence-electron chi connectivity index (χ4n) is 4.89. The molecule has 0 fully saturated rings. The molecule has 2 heteroatoms. The van der Waals surface area contributed by atoms with Crippen LogP contribution in [-0.4, -0.2) is 18.3 Å². The van der Waals surface area contributed by atoms with Gasteiger partial charge in [-0.3, -0.25) is 0 Å². The topological polar surface area (TPSA) is 29.5 Å². The summed E-state index contributed by atoms with van der Waals surface area (Å²) in [5, 5.41) is 18.9. The first-order chi connectivity index (χ1) is 15.8. The molecule has 0 aliphatic heterocycles. The van der Waals surface area contributed by atoms with Crippen LogP contribution in [0.5, 0.6) is 5.75 Å². The van der Waals surface area contributed by atoms with Gasteiger partial charge >= 0.3 is 0 Å². The number of aliphatic hydroxyl groups is 1. The quantitative estimate of drug-likeness (QED) is 0.306. The number of aliphatic hydroxyl groups excluding tert-OH is 1. The number of ether oxygens (including phenoxy) is 1. The molecule has 0 amide bonds. The summed E-state index contributed by atoms with van der Waals surface area (Å²) >= 11 is 0. The largest absolute Gasteiger partial charge is 0.491 e. The fourth-order valence-corrected chi connectivity index (χ4v) is 4.89. The van der Waals surface area contributed by atoms with Gasteiger partial charge in [0.1, 0.15) is 12.4 Å². The molecule has 0 saturated heterocycles. The van der Waals surface area contributed by atoms with E-state index in [4.69, 9.17) is 4.74 Å². The minimum atomic E-state index is -0.00780. The second-order valence-electron chi connectivity index (χ2n) is 8.08. The molecule has 0 unspecified atom stereocenters. The van der Waals surface area contributed by atoms with Crippen LogP contribution >= 0.6 is 0 Å². The van der Waals surface area contributed by atoms with Crippen LogP contribution < -0.4 is 4.74 Å². The molecular weight excluding hydrogens is 392 g/mol. The molecule has 0 aliphatic rings. The molecule has 154 valence electrons. The maximum atomic E-state index is 9.30. The van der Waals surface area contributed by atoms with E-state index in [-0.39, 0.29) is 13.2 Å². The highest BCUT2D eigenvalue weighted by atomic mass is 16.5. The lowest BCUT2D eigenvalue weighted by molar-refractivity contribution is 0.203. The van der Waals surface area contributed by atoms with Crippen LogP contribution in [0.2, 0.25) is 0 Å². The first kappa shape index (κ1) is 18.9. The van der Waals surface area contributed by atoms with Crippen LogP contribution in [0.15, 0.2) is 103 Å². The van der Waals surface area contributed by atoms with Crippen molar-refractivity contribution < 1.29 is 9.84 Å². The summed E-state index contributed by atoms with van der Waals surface area (Å²) in [4.78, 5) is 0. The summed E-state index contributed by atoms with van der Waals surface area (Å²) in [5.74, 6) is 0.800. The van der Waals surface area contributed by atoms with E-state index in [9.17, 15) is 5.11 Å². The Bertz CT molecular complexity index is 1610. The average molecular weight is 415 g/mol. The second-order valence-corrected chi connectivity index (χ2v) is 8.08. The lowest BCUT2D eigenvalue weighted by Gasteiger charge is -2.17. The zero-order valence-corrected chi connectivity index (χ0v) is 17.6. The molecule has 0 aliphatic carbocycles. The van der Waals surface area contributed by atoms with Gasteiger partial charge in [0, 0.05) is 10.8 Å². The maximum Gasteiger partial charge on any atom is 0.127 e. The molecule has 32 heavy (non-hydrogen) atoms. The number of fused-ring (bicyclic) bond motifs is 6. The van der Waals surface area contributed by atoms with E-state index < -0.39 is 0 Å². The summed E-state index contributed by atoms with van der Waals surface area (Å²) < 4.78 is 5.92. The molecule has 6 aromatic rings. The van der Waals surface area contributed by atoms with Crippen LogP contribution in [0.4, 0.5) is 0 Å². The van der Waals surface area contributed by atoms with Crippen molar-refractivity contribution in [3.63, 3.8) is 0 Å². The number of hydrogen-bond donors (Lipinski definition) is 1. The van der Waals surface area contributed by atoms with Gasteiger partial charge in [0.15, 0.2) is 0 Å². The number of rotatable bonds is 4. The standard InChI is InChI=1S/C30H22O2/c31-18-19-32-28-17-16-26(30-24-10-4-2-7-21(24)14-15-27(28)30)25-11-5-8-22-13-12-20-6-1-3-9-23(20)29(22)25/h1-17,31H,18-19H2. The molecule has 0 atom stereocenters. The highest BCUT2D eigenvalue weighted by Gasteiger charge is 2.15. The average Bonchev–Trinajstić information content (AvgIpc) is 2.86. The molecule has 2 nitrogen and oxygen atoms in total. The van der Waals surface area contributed by atoms with E-state index in [1.807, 2.05) is 6.07 Å². The number of hydrogen-bond acceptors (Lipinski definition) is 2. The summed E-state index contributed by atoms with van der Waals surface area (Å²) in [6, 6.07) is 36.5. The van der Waals surface area contributed by atoms with E-state index in [0.29, 0.717) is 0 Å². The minimum absolute atomic E-state index is 0.00780. The Labute approximate surface area is 186 Å². The molecule has 0 radical (unpaired) electrons. The van der Waals surface area contributed by atoms with Crippen molar-refractivity contribution in [3.8, 4) is 16.9 Å². The Kier molecular flexibility index (Phi) is 4.52. The third-order valence-electron chi connectivity index (χ3n) is 6.27. The maximum absolute atomic E-state index is 9.30. The van der Waals surface area contributed by atoms with Crippen LogP contribution in [0.3, 0.4) is 0 Å². The Morgan fingerprint density at radius 2 is 1.12 bits per heavy atom. The van der Waals surface area contributed by atoms with Gasteiger partial charge in [-0.25, -0.2) is 0 Å². The van der Waals surface area contributed by atoms with Crippen LogP contribution in [0, 0.1) is 0 Å². The molecule has 0 saturated carbocycles. The predicted molar refractivity (Wildman–Crippen MR) is 134 cm³/mol. The van der Waals surface area contributed by atoms with Gasteiger partial charge in [-0.05, 0) is 55.6 Å². The van der Waals surface area contributed by atoms with Crippen molar-refractivity contribution in [1.29, 1.82) is 0 Å². The molecule has 0 bridgehead atoms. The first-order valence-corrected chi connectivity index (χ1v) is 10.9.